The average Bonchev–Trinajstić information content (AvgIpc) is 3.56. The van der Waals surface area contributed by atoms with Crippen LogP contribution in [0.15, 0.2) is 53.4 Å². The van der Waals surface area contributed by atoms with Crippen LogP contribution in [0, 0.1) is 0 Å². The van der Waals surface area contributed by atoms with Gasteiger partial charge in [-0.1, -0.05) is 41.4 Å². The second-order valence-corrected chi connectivity index (χ2v) is 10.2. The lowest BCUT2D eigenvalue weighted by molar-refractivity contribution is 0.601. The molecular formula is C22H19Cl2N5O2S. The van der Waals surface area contributed by atoms with Gasteiger partial charge in [0.25, 0.3) is 10.0 Å². The number of halogens is 2. The Kier molecular flexibility index (Phi) is 5.03. The zero-order chi connectivity index (χ0) is 22.6. The molecule has 0 spiro atoms. The first kappa shape index (κ1) is 21.1. The third kappa shape index (κ3) is 3.68. The summed E-state index contributed by atoms with van der Waals surface area (Å²) >= 11 is 12.1. The Morgan fingerprint density at radius 1 is 1.12 bits per heavy atom. The summed E-state index contributed by atoms with van der Waals surface area (Å²) in [7, 11) is -2.08. The molecule has 1 aliphatic rings. The predicted octanol–water partition coefficient (Wildman–Crippen LogP) is 5.20. The number of hydrogen-bond donors (Lipinski definition) is 2. The maximum absolute atomic E-state index is 12.8. The molecule has 3 N–H and O–H groups in total. The van der Waals surface area contributed by atoms with Crippen molar-refractivity contribution in [1.29, 1.82) is 0 Å². The number of nitrogen functional groups attached to an aromatic ring is 1. The molecule has 0 aliphatic heterocycles. The van der Waals surface area contributed by atoms with Crippen LogP contribution in [0.3, 0.4) is 0 Å². The zero-order valence-corrected chi connectivity index (χ0v) is 19.3. The van der Waals surface area contributed by atoms with E-state index in [1.54, 1.807) is 16.8 Å². The van der Waals surface area contributed by atoms with E-state index in [0.717, 1.165) is 40.7 Å². The lowest BCUT2D eigenvalue weighted by Crippen LogP contribution is -2.13. The van der Waals surface area contributed by atoms with E-state index in [2.05, 4.69) is 15.9 Å². The molecule has 0 saturated heterocycles. The molecule has 0 amide bonds. The van der Waals surface area contributed by atoms with Crippen molar-refractivity contribution in [3.05, 3.63) is 64.3 Å². The van der Waals surface area contributed by atoms with E-state index >= 15 is 0 Å². The normalized spacial score (nSPS) is 14.1. The number of benzene rings is 2. The van der Waals surface area contributed by atoms with Gasteiger partial charge in [-0.15, -0.1) is 0 Å². The Morgan fingerprint density at radius 3 is 2.53 bits per heavy atom. The van der Waals surface area contributed by atoms with Gasteiger partial charge in [0.05, 0.1) is 15.4 Å². The number of nitrogens with two attached hydrogens (primary N) is 1. The van der Waals surface area contributed by atoms with Crippen LogP contribution < -0.4 is 10.5 Å². The maximum Gasteiger partial charge on any atom is 0.263 e. The molecule has 4 aromatic rings. The summed E-state index contributed by atoms with van der Waals surface area (Å²) in [6.07, 6.45) is 2.25. The summed E-state index contributed by atoms with van der Waals surface area (Å²) in [6, 6.07) is 13.6. The summed E-state index contributed by atoms with van der Waals surface area (Å²) in [4.78, 5) is 4.68. The fourth-order valence-electron chi connectivity index (χ4n) is 3.73. The fourth-order valence-corrected chi connectivity index (χ4v) is 5.55. The second-order valence-electron chi connectivity index (χ2n) is 7.81. The van der Waals surface area contributed by atoms with Crippen molar-refractivity contribution in [1.82, 2.24) is 14.8 Å². The van der Waals surface area contributed by atoms with E-state index in [9.17, 15) is 8.42 Å². The summed E-state index contributed by atoms with van der Waals surface area (Å²) < 4.78 is 29.8. The number of nitrogens with one attached hydrogen (secondary N) is 1. The third-order valence-electron chi connectivity index (χ3n) is 5.49. The highest BCUT2D eigenvalue weighted by Crippen LogP contribution is 2.42. The van der Waals surface area contributed by atoms with E-state index < -0.39 is 10.0 Å². The van der Waals surface area contributed by atoms with Crippen LogP contribution in [0.4, 0.5) is 11.5 Å². The van der Waals surface area contributed by atoms with Gasteiger partial charge in [0.2, 0.25) is 0 Å². The van der Waals surface area contributed by atoms with Crippen molar-refractivity contribution in [3.63, 3.8) is 0 Å². The molecule has 32 heavy (non-hydrogen) atoms. The highest BCUT2D eigenvalue weighted by molar-refractivity contribution is 7.92. The number of fused-ring (bicyclic) bond motifs is 1. The van der Waals surface area contributed by atoms with Crippen LogP contribution >= 0.6 is 23.2 Å². The number of aryl methyl sites for hydroxylation is 1. The Morgan fingerprint density at radius 2 is 1.84 bits per heavy atom. The van der Waals surface area contributed by atoms with Gasteiger partial charge in [0, 0.05) is 24.3 Å². The molecule has 5 rings (SSSR count). The number of aromatic nitrogens is 3. The van der Waals surface area contributed by atoms with Gasteiger partial charge in [-0.25, -0.2) is 18.1 Å². The fraction of sp³-hybridized carbons (Fsp3) is 0.182. The maximum atomic E-state index is 12.8. The van der Waals surface area contributed by atoms with Crippen LogP contribution in [0.1, 0.15) is 24.5 Å². The van der Waals surface area contributed by atoms with Gasteiger partial charge in [-0.3, -0.25) is 4.72 Å². The molecule has 2 aromatic heterocycles. The Labute approximate surface area is 195 Å². The van der Waals surface area contributed by atoms with Crippen molar-refractivity contribution < 1.29 is 8.42 Å². The molecule has 0 radical (unpaired) electrons. The smallest absolute Gasteiger partial charge is 0.263 e. The van der Waals surface area contributed by atoms with Crippen molar-refractivity contribution in [2.24, 2.45) is 7.05 Å². The Bertz CT molecular complexity index is 1460. The van der Waals surface area contributed by atoms with E-state index in [1.807, 2.05) is 19.2 Å². The molecule has 164 valence electrons. The highest BCUT2D eigenvalue weighted by Gasteiger charge is 2.27. The number of anilines is 2. The third-order valence-corrected chi connectivity index (χ3v) is 7.84. The van der Waals surface area contributed by atoms with Gasteiger partial charge in [0.15, 0.2) is 11.5 Å². The minimum atomic E-state index is -3.90. The quantitative estimate of drug-likeness (QED) is 0.402. The molecule has 0 unspecified atom stereocenters. The molecule has 10 heteroatoms. The van der Waals surface area contributed by atoms with Crippen molar-refractivity contribution >= 4 is 55.8 Å². The molecular weight excluding hydrogens is 469 g/mol. The first-order valence-corrected chi connectivity index (χ1v) is 12.2. The van der Waals surface area contributed by atoms with Crippen molar-refractivity contribution in [3.8, 4) is 11.1 Å². The minimum Gasteiger partial charge on any atom is -0.382 e. The standard InChI is InChI=1S/C22H19Cl2N5O2S/c1-29-22-19(21(25)27-29)15(11-17(26-22)13-5-6-13)12-7-9-14(10-8-12)28-32(30,31)18-4-2-3-16(23)20(18)24/h2-4,7-11,13,28H,5-6H2,1H3,(H2,25,27). The van der Waals surface area contributed by atoms with Gasteiger partial charge in [0.1, 0.15) is 4.90 Å². The topological polar surface area (TPSA) is 103 Å². The Hall–Kier alpha value is -2.81. The predicted molar refractivity (Wildman–Crippen MR) is 128 cm³/mol. The number of pyridine rings is 1. The first-order valence-electron chi connectivity index (χ1n) is 9.95. The average molecular weight is 488 g/mol. The number of rotatable bonds is 5. The van der Waals surface area contributed by atoms with Gasteiger partial charge < -0.3 is 5.73 Å². The van der Waals surface area contributed by atoms with Gasteiger partial charge >= 0.3 is 0 Å². The molecule has 7 nitrogen and oxygen atoms in total. The van der Waals surface area contributed by atoms with Crippen LogP contribution in [-0.4, -0.2) is 23.2 Å². The van der Waals surface area contributed by atoms with E-state index in [1.165, 1.54) is 18.2 Å². The van der Waals surface area contributed by atoms with Crippen LogP contribution in [0.25, 0.3) is 22.2 Å². The Balaban J connectivity index is 1.52. The van der Waals surface area contributed by atoms with Crippen molar-refractivity contribution in [2.45, 2.75) is 23.7 Å². The molecule has 0 atom stereocenters. The summed E-state index contributed by atoms with van der Waals surface area (Å²) in [5.41, 5.74) is 10.2. The number of hydrogen-bond acceptors (Lipinski definition) is 5. The monoisotopic (exact) mass is 487 g/mol. The lowest BCUT2D eigenvalue weighted by Gasteiger charge is -2.12. The van der Waals surface area contributed by atoms with Crippen LogP contribution in [0.2, 0.25) is 10.0 Å². The minimum absolute atomic E-state index is 0.0166. The lowest BCUT2D eigenvalue weighted by atomic mass is 10.0. The SMILES string of the molecule is Cn1nc(N)c2c(-c3ccc(NS(=O)(=O)c4cccc(Cl)c4Cl)cc3)cc(C3CC3)nc21. The largest absolute Gasteiger partial charge is 0.382 e. The van der Waals surface area contributed by atoms with Crippen LogP contribution in [-0.2, 0) is 17.1 Å². The number of nitrogens with zero attached hydrogens (tertiary/aromatic N) is 3. The first-order chi connectivity index (χ1) is 15.2. The summed E-state index contributed by atoms with van der Waals surface area (Å²) in [6.45, 7) is 0. The second kappa shape index (κ2) is 7.65. The zero-order valence-electron chi connectivity index (χ0n) is 17.0. The molecule has 2 aromatic carbocycles. The summed E-state index contributed by atoms with van der Waals surface area (Å²) in [5, 5.41) is 5.27. The van der Waals surface area contributed by atoms with E-state index in [0.29, 0.717) is 17.4 Å². The molecule has 1 aliphatic carbocycles. The van der Waals surface area contributed by atoms with Gasteiger partial charge in [-0.05, 0) is 54.3 Å². The van der Waals surface area contributed by atoms with Crippen molar-refractivity contribution in [2.75, 3.05) is 10.5 Å². The number of sulfonamides is 1. The molecule has 2 heterocycles. The summed E-state index contributed by atoms with van der Waals surface area (Å²) in [5.74, 6) is 0.871. The van der Waals surface area contributed by atoms with E-state index in [4.69, 9.17) is 33.9 Å². The van der Waals surface area contributed by atoms with Crippen LogP contribution in [0.5, 0.6) is 0 Å². The van der Waals surface area contributed by atoms with E-state index in [-0.39, 0.29) is 14.9 Å². The molecule has 1 saturated carbocycles. The van der Waals surface area contributed by atoms with Gasteiger partial charge in [-0.2, -0.15) is 5.10 Å². The molecule has 0 bridgehead atoms. The highest BCUT2D eigenvalue weighted by atomic mass is 35.5. The molecule has 1 fully saturated rings.